The fourth-order valence-electron chi connectivity index (χ4n) is 5.95. The fraction of sp³-hybridized carbons (Fsp3) is 0.484. The van der Waals surface area contributed by atoms with Gasteiger partial charge in [0.1, 0.15) is 22.4 Å². The summed E-state index contributed by atoms with van der Waals surface area (Å²) in [5.41, 5.74) is 1.97. The van der Waals surface area contributed by atoms with Crippen molar-refractivity contribution in [2.75, 3.05) is 37.5 Å². The molecule has 1 saturated heterocycles. The second-order valence-corrected chi connectivity index (χ2v) is 11.6. The van der Waals surface area contributed by atoms with Crippen molar-refractivity contribution in [2.24, 2.45) is 5.92 Å². The van der Waals surface area contributed by atoms with Crippen LogP contribution in [0.4, 0.5) is 10.2 Å². The Morgan fingerprint density at radius 1 is 1.12 bits per heavy atom. The van der Waals surface area contributed by atoms with E-state index in [2.05, 4.69) is 28.8 Å². The van der Waals surface area contributed by atoms with Gasteiger partial charge in [0.05, 0.1) is 18.3 Å². The van der Waals surface area contributed by atoms with E-state index in [0.29, 0.717) is 54.0 Å². The predicted octanol–water partition coefficient (Wildman–Crippen LogP) is 7.03. The van der Waals surface area contributed by atoms with Gasteiger partial charge in [0, 0.05) is 62.7 Å². The van der Waals surface area contributed by atoms with E-state index >= 15 is 4.39 Å². The third kappa shape index (κ3) is 6.19. The molecule has 0 saturated carbocycles. The minimum Gasteiger partial charge on any atom is -0.477 e. The van der Waals surface area contributed by atoms with Crippen LogP contribution in [0, 0.1) is 25.6 Å². The van der Waals surface area contributed by atoms with E-state index in [1.807, 2.05) is 29.1 Å². The molecule has 5 heterocycles. The Balaban J connectivity index is 0.00000353. The van der Waals surface area contributed by atoms with Gasteiger partial charge in [0.15, 0.2) is 17.2 Å². The van der Waals surface area contributed by atoms with E-state index in [1.54, 1.807) is 6.20 Å². The van der Waals surface area contributed by atoms with Crippen molar-refractivity contribution in [1.82, 2.24) is 24.7 Å². The third-order valence-electron chi connectivity index (χ3n) is 7.99. The van der Waals surface area contributed by atoms with Gasteiger partial charge in [0.2, 0.25) is 5.88 Å². The standard InChI is InChI=1S/C31H37FN6O2S.Y/c1-4-6-7-11-20-18-37(15-5-2)29-25-28(35-31(36-29)41-3)26(32)27(34-30(25)40-19-20)21-12-10-13-23-22(21)17-33-38(23)24-14-8-9-16-39-24;/h10,12-13,17,20,24H,1-2,4-9,11,14-16,18-19H2,3H3;/q-2;. The molecule has 8 nitrogen and oxygen atoms in total. The molecule has 1 aromatic carbocycles. The molecule has 221 valence electrons. The minimum absolute atomic E-state index is 0. The van der Waals surface area contributed by atoms with E-state index in [9.17, 15) is 0 Å². The zero-order valence-electron chi connectivity index (χ0n) is 24.2. The number of benzene rings is 1. The first-order valence-electron chi connectivity index (χ1n) is 14.6. The largest absolute Gasteiger partial charge is 0.477 e. The van der Waals surface area contributed by atoms with Gasteiger partial charge in [-0.1, -0.05) is 36.7 Å². The maximum absolute atomic E-state index is 16.6. The summed E-state index contributed by atoms with van der Waals surface area (Å²) in [5.74, 6) is 0.826. The number of rotatable bonds is 9. The maximum Gasteiger partial charge on any atom is 0.227 e. The molecule has 1 radical (unpaired) electrons. The Hall–Kier alpha value is -1.88. The number of nitrogens with zero attached hydrogens (tertiary/aromatic N) is 6. The van der Waals surface area contributed by atoms with Gasteiger partial charge < -0.3 is 28.2 Å². The zero-order valence-corrected chi connectivity index (χ0v) is 27.9. The normalized spacial score (nSPS) is 18.9. The van der Waals surface area contributed by atoms with Crippen LogP contribution in [-0.2, 0) is 37.4 Å². The monoisotopic (exact) mass is 665 g/mol. The van der Waals surface area contributed by atoms with E-state index in [4.69, 9.17) is 19.4 Å². The van der Waals surface area contributed by atoms with Crippen molar-refractivity contribution >= 4 is 39.4 Å². The summed E-state index contributed by atoms with van der Waals surface area (Å²) in [6.07, 6.45) is 11.4. The van der Waals surface area contributed by atoms with Gasteiger partial charge in [-0.15, -0.1) is 0 Å². The molecular formula is C31H37FN6O2SY-2. The summed E-state index contributed by atoms with van der Waals surface area (Å²) in [6, 6.07) is 5.80. The SMILES string of the molecule is [CH2-]CCCCC1COc2nc(-c3cccc4c3cnn4C3CCCCO3)c(F)c3nc(SC)nc(c23)N(CC[CH2-])C1.[Y]. The van der Waals surface area contributed by atoms with Gasteiger partial charge in [-0.3, -0.25) is 0 Å². The molecule has 4 aromatic rings. The molecule has 0 aliphatic carbocycles. The van der Waals surface area contributed by atoms with E-state index in [0.717, 1.165) is 62.4 Å². The second kappa shape index (κ2) is 14.3. The van der Waals surface area contributed by atoms with Gasteiger partial charge in [-0.2, -0.15) is 17.9 Å². The second-order valence-electron chi connectivity index (χ2n) is 10.8. The van der Waals surface area contributed by atoms with Crippen molar-refractivity contribution in [2.45, 2.75) is 62.8 Å². The van der Waals surface area contributed by atoms with Crippen LogP contribution in [0.25, 0.3) is 33.1 Å². The number of pyridine rings is 1. The number of thioether (sulfide) groups is 1. The molecule has 2 aliphatic heterocycles. The van der Waals surface area contributed by atoms with Gasteiger partial charge in [-0.05, 0) is 44.6 Å². The summed E-state index contributed by atoms with van der Waals surface area (Å²) in [5, 5.41) is 6.51. The molecule has 6 rings (SSSR count). The van der Waals surface area contributed by atoms with Crippen LogP contribution in [0.5, 0.6) is 5.88 Å². The molecule has 42 heavy (non-hydrogen) atoms. The van der Waals surface area contributed by atoms with Crippen LogP contribution >= 0.6 is 11.8 Å². The number of aromatic nitrogens is 5. The van der Waals surface area contributed by atoms with Crippen LogP contribution in [0.15, 0.2) is 29.6 Å². The van der Waals surface area contributed by atoms with Crippen molar-refractivity contribution in [3.63, 3.8) is 0 Å². The number of anilines is 1. The summed E-state index contributed by atoms with van der Waals surface area (Å²) >= 11 is 1.40. The van der Waals surface area contributed by atoms with Crippen LogP contribution in [0.3, 0.4) is 0 Å². The molecule has 2 unspecified atom stereocenters. The van der Waals surface area contributed by atoms with Crippen LogP contribution < -0.4 is 9.64 Å². The Morgan fingerprint density at radius 3 is 2.76 bits per heavy atom. The van der Waals surface area contributed by atoms with Crippen molar-refractivity contribution < 1.29 is 46.6 Å². The Morgan fingerprint density at radius 2 is 2.00 bits per heavy atom. The molecule has 0 spiro atoms. The quantitative estimate of drug-likeness (QED) is 0.0817. The van der Waals surface area contributed by atoms with Crippen LogP contribution in [-0.4, -0.2) is 57.3 Å². The van der Waals surface area contributed by atoms with Gasteiger partial charge >= 0.3 is 0 Å². The zero-order chi connectivity index (χ0) is 28.3. The fourth-order valence-corrected chi connectivity index (χ4v) is 6.31. The average Bonchev–Trinajstić information content (AvgIpc) is 3.44. The summed E-state index contributed by atoms with van der Waals surface area (Å²) in [7, 11) is 0. The maximum atomic E-state index is 16.6. The first-order chi connectivity index (χ1) is 20.1. The van der Waals surface area contributed by atoms with Crippen molar-refractivity contribution in [1.29, 1.82) is 0 Å². The number of hydrogen-bond acceptors (Lipinski definition) is 8. The van der Waals surface area contributed by atoms with E-state index in [1.165, 1.54) is 11.8 Å². The predicted molar refractivity (Wildman–Crippen MR) is 162 cm³/mol. The first kappa shape index (κ1) is 31.5. The van der Waals surface area contributed by atoms with Crippen molar-refractivity contribution in [3.05, 3.63) is 44.1 Å². The Labute approximate surface area is 276 Å². The van der Waals surface area contributed by atoms with Crippen molar-refractivity contribution in [3.8, 4) is 17.1 Å². The topological polar surface area (TPSA) is 78.2 Å². The number of hydrogen-bond donors (Lipinski definition) is 0. The molecule has 11 heteroatoms. The Kier molecular flexibility index (Phi) is 10.7. The summed E-state index contributed by atoms with van der Waals surface area (Å²) in [4.78, 5) is 16.6. The number of unbranched alkanes of at least 4 members (excludes halogenated alkanes) is 2. The molecule has 2 atom stereocenters. The molecular weight excluding hydrogens is 628 g/mol. The third-order valence-corrected chi connectivity index (χ3v) is 8.54. The summed E-state index contributed by atoms with van der Waals surface area (Å²) in [6.45, 7) is 10.8. The molecule has 0 amide bonds. The van der Waals surface area contributed by atoms with Gasteiger partial charge in [-0.25, -0.2) is 24.0 Å². The number of fused-ring (bicyclic) bond motifs is 1. The molecule has 0 bridgehead atoms. The molecule has 1 fully saturated rings. The van der Waals surface area contributed by atoms with Crippen LogP contribution in [0.1, 0.15) is 57.6 Å². The summed E-state index contributed by atoms with van der Waals surface area (Å²) < 4.78 is 30.9. The van der Waals surface area contributed by atoms with E-state index < -0.39 is 5.82 Å². The molecule has 2 aliphatic rings. The molecule has 3 aromatic heterocycles. The first-order valence-corrected chi connectivity index (χ1v) is 15.8. The average molecular weight is 666 g/mol. The Bertz CT molecular complexity index is 1530. The molecule has 0 N–H and O–H groups in total. The van der Waals surface area contributed by atoms with Crippen LogP contribution in [0.2, 0.25) is 0 Å². The minimum atomic E-state index is -0.484. The van der Waals surface area contributed by atoms with Gasteiger partial charge in [0.25, 0.3) is 0 Å². The number of halogens is 1. The van der Waals surface area contributed by atoms with E-state index in [-0.39, 0.29) is 56.1 Å². The number of ether oxygens (including phenoxy) is 2. The smallest absolute Gasteiger partial charge is 0.227 e.